The third-order valence-corrected chi connectivity index (χ3v) is 3.25. The Kier molecular flexibility index (Phi) is 4.10. The number of nitrogens with one attached hydrogen (secondary N) is 1. The minimum absolute atomic E-state index is 0.796. The summed E-state index contributed by atoms with van der Waals surface area (Å²) in [6, 6.07) is 10.6. The average Bonchev–Trinajstić information content (AvgIpc) is 2.77. The molecule has 1 heterocycles. The van der Waals surface area contributed by atoms with E-state index in [1.807, 2.05) is 25.8 Å². The predicted octanol–water partition coefficient (Wildman–Crippen LogP) is 2.66. The largest absolute Gasteiger partial charge is 0.379 e. The van der Waals surface area contributed by atoms with Gasteiger partial charge in [-0.25, -0.2) is 0 Å². The summed E-state index contributed by atoms with van der Waals surface area (Å²) < 4.78 is 1.94. The maximum atomic E-state index is 4.45. The molecule has 0 amide bonds. The predicted molar refractivity (Wildman–Crippen MR) is 80.7 cm³/mol. The Hall–Kier alpha value is -1.97. The second kappa shape index (κ2) is 5.78. The summed E-state index contributed by atoms with van der Waals surface area (Å²) in [6.45, 7) is 2.92. The maximum Gasteiger partial charge on any atom is 0.0625 e. The Morgan fingerprint density at radius 2 is 1.89 bits per heavy atom. The molecule has 0 fully saturated rings. The monoisotopic (exact) mass is 258 g/mol. The fourth-order valence-electron chi connectivity index (χ4n) is 1.98. The lowest BCUT2D eigenvalue weighted by molar-refractivity contribution is 0.707. The Balaban J connectivity index is 1.99. The molecule has 0 aliphatic heterocycles. The molecule has 1 aromatic heterocycles. The third-order valence-electron chi connectivity index (χ3n) is 3.25. The summed E-state index contributed by atoms with van der Waals surface area (Å²) in [5, 5.41) is 7.87. The van der Waals surface area contributed by atoms with Crippen molar-refractivity contribution >= 4 is 11.4 Å². The van der Waals surface area contributed by atoms with Gasteiger partial charge in [0.15, 0.2) is 0 Å². The summed E-state index contributed by atoms with van der Waals surface area (Å²) in [7, 11) is 6.08. The molecule has 102 valence electrons. The minimum atomic E-state index is 0.796. The second-order valence-electron chi connectivity index (χ2n) is 4.90. The van der Waals surface area contributed by atoms with Gasteiger partial charge in [-0.2, -0.15) is 5.10 Å². The molecule has 0 radical (unpaired) electrons. The number of benzene rings is 1. The van der Waals surface area contributed by atoms with Crippen LogP contribution in [-0.2, 0) is 20.0 Å². The molecular formula is C15H22N4. The van der Waals surface area contributed by atoms with Crippen LogP contribution in [0.3, 0.4) is 0 Å². The maximum absolute atomic E-state index is 4.45. The van der Waals surface area contributed by atoms with E-state index in [-0.39, 0.29) is 0 Å². The second-order valence-corrected chi connectivity index (χ2v) is 4.90. The van der Waals surface area contributed by atoms with Crippen molar-refractivity contribution in [2.75, 3.05) is 24.3 Å². The summed E-state index contributed by atoms with van der Waals surface area (Å²) in [6.07, 6.45) is 0.978. The van der Waals surface area contributed by atoms with Gasteiger partial charge in [-0.05, 0) is 36.8 Å². The van der Waals surface area contributed by atoms with Crippen LogP contribution in [0.5, 0.6) is 0 Å². The van der Waals surface area contributed by atoms with E-state index >= 15 is 0 Å². The zero-order chi connectivity index (χ0) is 13.8. The van der Waals surface area contributed by atoms with Gasteiger partial charge in [0.05, 0.1) is 17.9 Å². The lowest BCUT2D eigenvalue weighted by Gasteiger charge is -2.13. The van der Waals surface area contributed by atoms with E-state index in [0.29, 0.717) is 0 Å². The molecular weight excluding hydrogens is 236 g/mol. The lowest BCUT2D eigenvalue weighted by Crippen LogP contribution is -2.09. The standard InChI is InChI=1S/C15H22N4/c1-5-12-10-15(19(4)17-12)11-16-13-6-8-14(9-7-13)18(2)3/h6-10,16H,5,11H2,1-4H3. The Morgan fingerprint density at radius 1 is 1.21 bits per heavy atom. The van der Waals surface area contributed by atoms with Gasteiger partial charge < -0.3 is 10.2 Å². The van der Waals surface area contributed by atoms with Crippen LogP contribution in [0.2, 0.25) is 0 Å². The van der Waals surface area contributed by atoms with Gasteiger partial charge >= 0.3 is 0 Å². The zero-order valence-corrected chi connectivity index (χ0v) is 12.1. The number of rotatable bonds is 5. The van der Waals surface area contributed by atoms with E-state index in [4.69, 9.17) is 0 Å². The van der Waals surface area contributed by atoms with Crippen molar-refractivity contribution in [3.63, 3.8) is 0 Å². The fraction of sp³-hybridized carbons (Fsp3) is 0.400. The van der Waals surface area contributed by atoms with Crippen molar-refractivity contribution in [3.05, 3.63) is 41.7 Å². The lowest BCUT2D eigenvalue weighted by atomic mass is 10.2. The SMILES string of the molecule is CCc1cc(CNc2ccc(N(C)C)cc2)n(C)n1. The first-order chi connectivity index (χ1) is 9.10. The van der Waals surface area contributed by atoms with Crippen molar-refractivity contribution in [2.45, 2.75) is 19.9 Å². The van der Waals surface area contributed by atoms with Gasteiger partial charge in [-0.1, -0.05) is 6.92 Å². The Morgan fingerprint density at radius 3 is 2.42 bits per heavy atom. The number of hydrogen-bond donors (Lipinski definition) is 1. The van der Waals surface area contributed by atoms with Gasteiger partial charge in [-0.3, -0.25) is 4.68 Å². The highest BCUT2D eigenvalue weighted by molar-refractivity contribution is 5.54. The summed E-state index contributed by atoms with van der Waals surface area (Å²) in [5.41, 5.74) is 4.68. The van der Waals surface area contributed by atoms with E-state index in [1.54, 1.807) is 0 Å². The molecule has 0 unspecified atom stereocenters. The fourth-order valence-corrected chi connectivity index (χ4v) is 1.98. The van der Waals surface area contributed by atoms with Crippen LogP contribution in [0, 0.1) is 0 Å². The van der Waals surface area contributed by atoms with Gasteiger partial charge in [0, 0.05) is 32.5 Å². The highest BCUT2D eigenvalue weighted by Gasteiger charge is 2.03. The molecule has 0 aliphatic carbocycles. The van der Waals surface area contributed by atoms with Crippen molar-refractivity contribution in [3.8, 4) is 0 Å². The third kappa shape index (κ3) is 3.28. The molecule has 4 nitrogen and oxygen atoms in total. The van der Waals surface area contributed by atoms with Crippen LogP contribution in [0.25, 0.3) is 0 Å². The Bertz CT molecular complexity index is 526. The molecule has 1 aromatic carbocycles. The van der Waals surface area contributed by atoms with Crippen molar-refractivity contribution in [1.82, 2.24) is 9.78 Å². The van der Waals surface area contributed by atoms with E-state index < -0.39 is 0 Å². The quantitative estimate of drug-likeness (QED) is 0.895. The van der Waals surface area contributed by atoms with Crippen LogP contribution in [-0.4, -0.2) is 23.9 Å². The van der Waals surface area contributed by atoms with Crippen molar-refractivity contribution in [1.29, 1.82) is 0 Å². The Labute approximate surface area is 115 Å². The van der Waals surface area contributed by atoms with E-state index in [0.717, 1.165) is 24.3 Å². The van der Waals surface area contributed by atoms with Gasteiger partial charge in [-0.15, -0.1) is 0 Å². The van der Waals surface area contributed by atoms with Crippen LogP contribution < -0.4 is 10.2 Å². The topological polar surface area (TPSA) is 33.1 Å². The molecule has 0 atom stereocenters. The molecule has 0 spiro atoms. The molecule has 2 aromatic rings. The number of aryl methyl sites for hydroxylation is 2. The molecule has 2 rings (SSSR count). The highest BCUT2D eigenvalue weighted by Crippen LogP contribution is 2.16. The van der Waals surface area contributed by atoms with Gasteiger partial charge in [0.2, 0.25) is 0 Å². The number of aromatic nitrogens is 2. The highest BCUT2D eigenvalue weighted by atomic mass is 15.3. The molecule has 4 heteroatoms. The van der Waals surface area contributed by atoms with Crippen molar-refractivity contribution < 1.29 is 0 Å². The molecule has 0 aliphatic rings. The minimum Gasteiger partial charge on any atom is -0.379 e. The summed E-state index contributed by atoms with van der Waals surface area (Å²) >= 11 is 0. The number of hydrogen-bond acceptors (Lipinski definition) is 3. The van der Waals surface area contributed by atoms with E-state index in [1.165, 1.54) is 11.4 Å². The van der Waals surface area contributed by atoms with Crippen LogP contribution >= 0.6 is 0 Å². The van der Waals surface area contributed by atoms with Gasteiger partial charge in [0.25, 0.3) is 0 Å². The molecule has 0 bridgehead atoms. The number of nitrogens with zero attached hydrogens (tertiary/aromatic N) is 3. The van der Waals surface area contributed by atoms with E-state index in [9.17, 15) is 0 Å². The molecule has 1 N–H and O–H groups in total. The van der Waals surface area contributed by atoms with Crippen molar-refractivity contribution in [2.24, 2.45) is 7.05 Å². The smallest absolute Gasteiger partial charge is 0.0625 e. The summed E-state index contributed by atoms with van der Waals surface area (Å²) in [4.78, 5) is 2.10. The van der Waals surface area contributed by atoms with Crippen LogP contribution in [0.15, 0.2) is 30.3 Å². The average molecular weight is 258 g/mol. The zero-order valence-electron chi connectivity index (χ0n) is 12.1. The normalized spacial score (nSPS) is 10.5. The first-order valence-corrected chi connectivity index (χ1v) is 6.63. The van der Waals surface area contributed by atoms with E-state index in [2.05, 4.69) is 52.6 Å². The number of anilines is 2. The summed E-state index contributed by atoms with van der Waals surface area (Å²) in [5.74, 6) is 0. The van der Waals surface area contributed by atoms with Gasteiger partial charge in [0.1, 0.15) is 0 Å². The van der Waals surface area contributed by atoms with Crippen LogP contribution in [0.1, 0.15) is 18.3 Å². The first-order valence-electron chi connectivity index (χ1n) is 6.63. The van der Waals surface area contributed by atoms with Crippen LogP contribution in [0.4, 0.5) is 11.4 Å². The first kappa shape index (κ1) is 13.5. The molecule has 0 saturated heterocycles. The molecule has 19 heavy (non-hydrogen) atoms. The molecule has 0 saturated carbocycles.